The van der Waals surface area contributed by atoms with Crippen molar-refractivity contribution in [2.45, 2.75) is 114 Å². The molecule has 2 fully saturated rings. The summed E-state index contributed by atoms with van der Waals surface area (Å²) in [6.45, 7) is 9.62. The van der Waals surface area contributed by atoms with E-state index in [0.29, 0.717) is 115 Å². The first-order chi connectivity index (χ1) is 28.4. The van der Waals surface area contributed by atoms with Crippen LogP contribution < -0.4 is 21.3 Å². The SMILES string of the molecule is CNc1ncc(CCC(=O)NCCSSCCCC(=O)CCOCCOCCOCCOCCCC(=O)CCCCC2SCC3NC(=O)NC32)cc1C(=O)OC(C)(C)C. The molecule has 1 aromatic rings. The van der Waals surface area contributed by atoms with Crippen molar-refractivity contribution in [3.8, 4) is 0 Å². The van der Waals surface area contributed by atoms with Gasteiger partial charge in [-0.1, -0.05) is 28.0 Å². The number of thioether (sulfide) groups is 1. The first kappa shape index (κ1) is 50.7. The summed E-state index contributed by atoms with van der Waals surface area (Å²) < 4.78 is 27.6. The largest absolute Gasteiger partial charge is 0.456 e. The number of unbranched alkanes of at least 4 members (excludes halogenated alkanes) is 1. The summed E-state index contributed by atoms with van der Waals surface area (Å²) in [6, 6.07) is 2.14. The lowest BCUT2D eigenvalue weighted by atomic mass is 10.0. The normalized spacial score (nSPS) is 17.3. The molecule has 1 aromatic heterocycles. The molecule has 0 aromatic carbocycles. The van der Waals surface area contributed by atoms with Crippen molar-refractivity contribution in [1.82, 2.24) is 20.9 Å². The predicted molar refractivity (Wildman–Crippen MR) is 236 cm³/mol. The lowest BCUT2D eigenvalue weighted by molar-refractivity contribution is -0.121. The van der Waals surface area contributed by atoms with E-state index < -0.39 is 11.6 Å². The number of anilines is 1. The minimum atomic E-state index is -0.624. The number of esters is 1. The molecular weight excluding hydrogens is 819 g/mol. The number of carbonyl (C=O) groups excluding carboxylic acids is 5. The van der Waals surface area contributed by atoms with Gasteiger partial charge in [0.1, 0.15) is 28.5 Å². The molecule has 0 aliphatic carbocycles. The smallest absolute Gasteiger partial charge is 0.342 e. The first-order valence-corrected chi connectivity index (χ1v) is 24.4. The predicted octanol–water partition coefficient (Wildman–Crippen LogP) is 5.39. The summed E-state index contributed by atoms with van der Waals surface area (Å²) >= 11 is 1.91. The second-order valence-corrected chi connectivity index (χ2v) is 19.3. The van der Waals surface area contributed by atoms with Gasteiger partial charge in [0.15, 0.2) is 0 Å². The fraction of sp³-hybridized carbons (Fsp3) is 0.756. The average molecular weight is 886 g/mol. The number of pyridine rings is 1. The van der Waals surface area contributed by atoms with E-state index in [4.69, 9.17) is 23.7 Å². The molecule has 4 N–H and O–H groups in total. The Bertz CT molecular complexity index is 1440. The van der Waals surface area contributed by atoms with Crippen LogP contribution in [0.3, 0.4) is 0 Å². The Morgan fingerprint density at radius 1 is 0.814 bits per heavy atom. The van der Waals surface area contributed by atoms with Gasteiger partial charge >= 0.3 is 12.0 Å². The van der Waals surface area contributed by atoms with Gasteiger partial charge < -0.3 is 45.0 Å². The maximum atomic E-state index is 12.6. The molecule has 2 aliphatic rings. The number of hydrogen-bond donors (Lipinski definition) is 4. The summed E-state index contributed by atoms with van der Waals surface area (Å²) in [4.78, 5) is 65.1. The third-order valence-electron chi connectivity index (χ3n) is 9.23. The highest BCUT2D eigenvalue weighted by molar-refractivity contribution is 8.76. The summed E-state index contributed by atoms with van der Waals surface area (Å²) in [5, 5.41) is 12.3. The van der Waals surface area contributed by atoms with E-state index in [1.165, 1.54) is 0 Å². The van der Waals surface area contributed by atoms with Gasteiger partial charge in [0.2, 0.25) is 5.91 Å². The average Bonchev–Trinajstić information content (AvgIpc) is 3.76. The van der Waals surface area contributed by atoms with Gasteiger partial charge in [-0.25, -0.2) is 14.6 Å². The molecule has 3 heterocycles. The Kier molecular flexibility index (Phi) is 25.5. The van der Waals surface area contributed by atoms with Crippen molar-refractivity contribution in [2.75, 3.05) is 89.0 Å². The summed E-state index contributed by atoms with van der Waals surface area (Å²) in [6.07, 6.45) is 8.90. The maximum Gasteiger partial charge on any atom is 0.342 e. The second kappa shape index (κ2) is 29.6. The third kappa shape index (κ3) is 22.7. The fourth-order valence-electron chi connectivity index (χ4n) is 6.24. The van der Waals surface area contributed by atoms with Crippen LogP contribution in [0.25, 0.3) is 0 Å². The number of hydrogen-bond acceptors (Lipinski definition) is 15. The van der Waals surface area contributed by atoms with Crippen molar-refractivity contribution < 1.29 is 47.7 Å². The number of amides is 3. The molecule has 2 saturated heterocycles. The lowest BCUT2D eigenvalue weighted by Crippen LogP contribution is -2.36. The van der Waals surface area contributed by atoms with E-state index in [9.17, 15) is 24.0 Å². The van der Waals surface area contributed by atoms with Crippen LogP contribution in [0.15, 0.2) is 12.3 Å². The number of rotatable bonds is 34. The van der Waals surface area contributed by atoms with Gasteiger partial charge in [0.25, 0.3) is 0 Å². The van der Waals surface area contributed by atoms with E-state index in [1.54, 1.807) is 40.9 Å². The van der Waals surface area contributed by atoms with Crippen LogP contribution in [0.1, 0.15) is 101 Å². The van der Waals surface area contributed by atoms with Crippen LogP contribution in [-0.2, 0) is 44.5 Å². The number of carbonyl (C=O) groups is 5. The molecular formula is C41H67N5O10S3. The van der Waals surface area contributed by atoms with Gasteiger partial charge in [-0.15, -0.1) is 0 Å². The van der Waals surface area contributed by atoms with E-state index in [1.807, 2.05) is 32.5 Å². The van der Waals surface area contributed by atoms with Gasteiger partial charge in [-0.3, -0.25) is 14.4 Å². The van der Waals surface area contributed by atoms with Crippen molar-refractivity contribution in [2.24, 2.45) is 0 Å². The molecule has 3 rings (SSSR count). The lowest BCUT2D eigenvalue weighted by Gasteiger charge is -2.20. The fourth-order valence-corrected chi connectivity index (χ4v) is 9.77. The summed E-state index contributed by atoms with van der Waals surface area (Å²) in [5.41, 5.74) is 0.506. The zero-order valence-corrected chi connectivity index (χ0v) is 37.9. The Balaban J connectivity index is 1.01. The van der Waals surface area contributed by atoms with Gasteiger partial charge in [0.05, 0.1) is 58.3 Å². The molecule has 0 saturated carbocycles. The van der Waals surface area contributed by atoms with E-state index in [-0.39, 0.29) is 42.0 Å². The molecule has 59 heavy (non-hydrogen) atoms. The van der Waals surface area contributed by atoms with Crippen LogP contribution >= 0.6 is 33.3 Å². The molecule has 3 amide bonds. The zero-order chi connectivity index (χ0) is 42.7. The number of nitrogens with zero attached hydrogens (tertiary/aromatic N) is 1. The highest BCUT2D eigenvalue weighted by atomic mass is 33.1. The quantitative estimate of drug-likeness (QED) is 0.0298. The Morgan fingerprint density at radius 3 is 2.17 bits per heavy atom. The Hall–Kier alpha value is -2.61. The molecule has 0 spiro atoms. The van der Waals surface area contributed by atoms with Gasteiger partial charge in [-0.2, -0.15) is 11.8 Å². The maximum absolute atomic E-state index is 12.6. The minimum absolute atomic E-state index is 0.0580. The van der Waals surface area contributed by atoms with Crippen LogP contribution in [0.4, 0.5) is 10.6 Å². The number of urea groups is 1. The number of aryl methyl sites for hydroxylation is 1. The summed E-state index contributed by atoms with van der Waals surface area (Å²) in [7, 11) is 5.06. The van der Waals surface area contributed by atoms with Crippen molar-refractivity contribution in [3.05, 3.63) is 23.4 Å². The zero-order valence-electron chi connectivity index (χ0n) is 35.4. The van der Waals surface area contributed by atoms with Crippen LogP contribution in [0.2, 0.25) is 0 Å². The van der Waals surface area contributed by atoms with Crippen LogP contribution in [0.5, 0.6) is 0 Å². The van der Waals surface area contributed by atoms with Gasteiger partial charge in [-0.05, 0) is 64.5 Å². The number of ether oxygens (including phenoxy) is 5. The molecule has 334 valence electrons. The molecule has 2 aliphatic heterocycles. The monoisotopic (exact) mass is 885 g/mol. The highest BCUT2D eigenvalue weighted by Crippen LogP contribution is 2.33. The number of ketones is 2. The molecule has 0 bridgehead atoms. The Labute approximate surface area is 362 Å². The number of Topliss-reactive ketones (excluding diaryl/α,β-unsaturated/α-hetero) is 2. The number of aromatic nitrogens is 1. The number of fused-ring (bicyclic) bond motifs is 1. The topological polar surface area (TPSA) is 193 Å². The molecule has 18 heteroatoms. The molecule has 3 unspecified atom stereocenters. The van der Waals surface area contributed by atoms with E-state index in [2.05, 4.69) is 26.3 Å². The van der Waals surface area contributed by atoms with Crippen molar-refractivity contribution in [3.63, 3.8) is 0 Å². The highest BCUT2D eigenvalue weighted by Gasteiger charge is 2.42. The second-order valence-electron chi connectivity index (χ2n) is 15.3. The third-order valence-corrected chi connectivity index (χ3v) is 13.2. The van der Waals surface area contributed by atoms with E-state index >= 15 is 0 Å². The van der Waals surface area contributed by atoms with Gasteiger partial charge in [0, 0.05) is 81.0 Å². The first-order valence-electron chi connectivity index (χ1n) is 20.9. The van der Waals surface area contributed by atoms with Crippen LogP contribution in [0, 0.1) is 0 Å². The summed E-state index contributed by atoms with van der Waals surface area (Å²) in [5.74, 6) is 2.96. The minimum Gasteiger partial charge on any atom is -0.456 e. The van der Waals surface area contributed by atoms with Crippen molar-refractivity contribution in [1.29, 1.82) is 0 Å². The molecule has 15 nitrogen and oxygen atoms in total. The number of nitrogens with one attached hydrogen (secondary N) is 4. The molecule has 0 radical (unpaired) electrons. The standard InChI is InChI=1S/C41H67N5O10S3/c1-41(2,3)56-39(50)33-27-30(28-44-38(33)42-4)13-14-36(49)43-16-26-59-58-25-8-11-32(48)15-18-53-20-22-55-24-23-54-21-19-52-17-7-10-31(47)9-5-6-12-35-37-34(29-57-35)45-40(51)46-37/h27-28,34-35,37H,5-26,29H2,1-4H3,(H,42,44)(H,43,49)(H2,45,46,51). The molecule has 3 atom stereocenters. The Morgan fingerprint density at radius 2 is 1.46 bits per heavy atom. The van der Waals surface area contributed by atoms with E-state index in [0.717, 1.165) is 48.5 Å². The van der Waals surface area contributed by atoms with Crippen LogP contribution in [-0.4, -0.2) is 141 Å². The van der Waals surface area contributed by atoms with Crippen molar-refractivity contribution >= 4 is 68.6 Å².